The van der Waals surface area contributed by atoms with Crippen LogP contribution in [-0.4, -0.2) is 22.4 Å². The van der Waals surface area contributed by atoms with Gasteiger partial charge in [0.1, 0.15) is 12.2 Å². The van der Waals surface area contributed by atoms with Gasteiger partial charge in [-0.2, -0.15) is 0 Å². The van der Waals surface area contributed by atoms with E-state index in [1.807, 2.05) is 6.08 Å². The molecule has 2 atom stereocenters. The smallest absolute Gasteiger partial charge is 0.134 e. The fraction of sp³-hybridized carbons (Fsp3) is 0.529. The Morgan fingerprint density at radius 2 is 1.63 bits per heavy atom. The molecular formula is C17H24O2. The average Bonchev–Trinajstić information content (AvgIpc) is 2.42. The van der Waals surface area contributed by atoms with Gasteiger partial charge in [-0.25, -0.2) is 0 Å². The lowest BCUT2D eigenvalue weighted by atomic mass is 10.1. The minimum Gasteiger partial charge on any atom is -0.377 e. The minimum absolute atomic E-state index is 0.786. The monoisotopic (exact) mass is 260 g/mol. The van der Waals surface area contributed by atoms with Crippen molar-refractivity contribution in [3.63, 3.8) is 0 Å². The fourth-order valence-corrected chi connectivity index (χ4v) is 1.42. The molecule has 0 fully saturated rings. The van der Waals surface area contributed by atoms with Gasteiger partial charge in [-0.15, -0.1) is 0 Å². The summed E-state index contributed by atoms with van der Waals surface area (Å²) >= 11 is 0. The van der Waals surface area contributed by atoms with Crippen LogP contribution in [0.2, 0.25) is 0 Å². The van der Waals surface area contributed by atoms with E-state index in [0.29, 0.717) is 0 Å². The zero-order chi connectivity index (χ0) is 14.3. The molecule has 2 N–H and O–H groups in total. The van der Waals surface area contributed by atoms with Crippen LogP contribution in [0.25, 0.3) is 0 Å². The SMILES string of the molecule is C=CC(O)C#CC#C[C@@H](O)/C=C\CCCCCCC. The van der Waals surface area contributed by atoms with E-state index in [0.717, 1.165) is 12.8 Å². The third kappa shape index (κ3) is 12.8. The molecule has 0 heterocycles. The van der Waals surface area contributed by atoms with Crippen LogP contribution in [0.15, 0.2) is 24.8 Å². The largest absolute Gasteiger partial charge is 0.377 e. The Bertz CT molecular complexity index is 374. The van der Waals surface area contributed by atoms with Crippen molar-refractivity contribution < 1.29 is 10.2 Å². The highest BCUT2D eigenvalue weighted by Crippen LogP contribution is 2.05. The molecule has 0 saturated carbocycles. The molecule has 0 amide bonds. The summed E-state index contributed by atoms with van der Waals surface area (Å²) in [6.45, 7) is 5.59. The lowest BCUT2D eigenvalue weighted by Crippen LogP contribution is -1.97. The van der Waals surface area contributed by atoms with E-state index >= 15 is 0 Å². The van der Waals surface area contributed by atoms with Gasteiger partial charge in [-0.05, 0) is 30.8 Å². The summed E-state index contributed by atoms with van der Waals surface area (Å²) in [6, 6.07) is 0. The van der Waals surface area contributed by atoms with Gasteiger partial charge in [0.05, 0.1) is 0 Å². The van der Waals surface area contributed by atoms with Gasteiger partial charge in [0.15, 0.2) is 0 Å². The Balaban J connectivity index is 3.78. The Kier molecular flexibility index (Phi) is 12.0. The average molecular weight is 260 g/mol. The van der Waals surface area contributed by atoms with Crippen molar-refractivity contribution in [1.82, 2.24) is 0 Å². The first-order valence-electron chi connectivity index (χ1n) is 6.87. The van der Waals surface area contributed by atoms with Gasteiger partial charge in [-0.1, -0.05) is 63.2 Å². The highest BCUT2D eigenvalue weighted by atomic mass is 16.3. The second kappa shape index (κ2) is 13.0. The Labute approximate surface area is 117 Å². The zero-order valence-corrected chi connectivity index (χ0v) is 11.7. The van der Waals surface area contributed by atoms with Crippen molar-refractivity contribution in [2.45, 2.75) is 57.7 Å². The molecule has 2 heteroatoms. The standard InChI is InChI=1S/C17H24O2/c1-3-5-6-7-8-9-10-14-17(19)15-12-11-13-16(18)4-2/h4,10,14,16-19H,2-3,5-9H2,1H3/b14-10-/t16?,17-/m0/s1. The first-order chi connectivity index (χ1) is 9.20. The maximum absolute atomic E-state index is 9.50. The fourth-order valence-electron chi connectivity index (χ4n) is 1.42. The highest BCUT2D eigenvalue weighted by molar-refractivity contribution is 5.31. The minimum atomic E-state index is -0.856. The second-order valence-corrected chi connectivity index (χ2v) is 4.30. The first-order valence-corrected chi connectivity index (χ1v) is 6.87. The molecule has 1 unspecified atom stereocenters. The second-order valence-electron chi connectivity index (χ2n) is 4.30. The molecule has 0 aliphatic rings. The summed E-state index contributed by atoms with van der Waals surface area (Å²) < 4.78 is 0. The van der Waals surface area contributed by atoms with Gasteiger partial charge in [-0.3, -0.25) is 0 Å². The van der Waals surface area contributed by atoms with Crippen molar-refractivity contribution in [3.05, 3.63) is 24.8 Å². The van der Waals surface area contributed by atoms with Crippen LogP contribution in [0.4, 0.5) is 0 Å². The summed E-state index contributed by atoms with van der Waals surface area (Å²) in [7, 11) is 0. The van der Waals surface area contributed by atoms with Crippen LogP contribution < -0.4 is 0 Å². The predicted octanol–water partition coefficient (Wildman–Crippen LogP) is 2.82. The number of allylic oxidation sites excluding steroid dienone is 1. The predicted molar refractivity (Wildman–Crippen MR) is 80.3 cm³/mol. The summed E-state index contributed by atoms with van der Waals surface area (Å²) in [5, 5.41) is 18.6. The Morgan fingerprint density at radius 3 is 2.26 bits per heavy atom. The molecule has 0 rings (SSSR count). The molecule has 0 aromatic carbocycles. The van der Waals surface area contributed by atoms with Crippen LogP contribution >= 0.6 is 0 Å². The summed E-state index contributed by atoms with van der Waals surface area (Å²) in [5.74, 6) is 10.00. The third-order valence-corrected chi connectivity index (χ3v) is 2.52. The number of rotatable bonds is 8. The molecule has 104 valence electrons. The summed E-state index contributed by atoms with van der Waals surface area (Å²) in [6.07, 6.45) is 10.5. The number of aliphatic hydroxyl groups excluding tert-OH is 2. The van der Waals surface area contributed by atoms with Gasteiger partial charge >= 0.3 is 0 Å². The molecule has 0 spiro atoms. The van der Waals surface area contributed by atoms with Gasteiger partial charge in [0.25, 0.3) is 0 Å². The zero-order valence-electron chi connectivity index (χ0n) is 11.7. The molecule has 2 nitrogen and oxygen atoms in total. The molecular weight excluding hydrogens is 236 g/mol. The highest BCUT2D eigenvalue weighted by Gasteiger charge is 1.91. The molecule has 0 aromatic heterocycles. The number of hydrogen-bond acceptors (Lipinski definition) is 2. The van der Waals surface area contributed by atoms with E-state index in [-0.39, 0.29) is 0 Å². The topological polar surface area (TPSA) is 40.5 Å². The first kappa shape index (κ1) is 17.5. The molecule has 0 aliphatic carbocycles. The Hall–Kier alpha value is -1.48. The van der Waals surface area contributed by atoms with Crippen LogP contribution in [0, 0.1) is 23.7 Å². The third-order valence-electron chi connectivity index (χ3n) is 2.52. The van der Waals surface area contributed by atoms with Crippen molar-refractivity contribution in [1.29, 1.82) is 0 Å². The van der Waals surface area contributed by atoms with E-state index in [9.17, 15) is 5.11 Å². The van der Waals surface area contributed by atoms with Crippen LogP contribution in [-0.2, 0) is 0 Å². The van der Waals surface area contributed by atoms with Gasteiger partial charge in [0.2, 0.25) is 0 Å². The van der Waals surface area contributed by atoms with Gasteiger partial charge < -0.3 is 10.2 Å². The van der Waals surface area contributed by atoms with Crippen molar-refractivity contribution in [2.75, 3.05) is 0 Å². The van der Waals surface area contributed by atoms with Crippen molar-refractivity contribution in [3.8, 4) is 23.7 Å². The summed E-state index contributed by atoms with van der Waals surface area (Å²) in [4.78, 5) is 0. The van der Waals surface area contributed by atoms with E-state index in [2.05, 4.69) is 37.2 Å². The molecule has 0 radical (unpaired) electrons. The molecule has 0 aliphatic heterocycles. The van der Waals surface area contributed by atoms with Crippen LogP contribution in [0.5, 0.6) is 0 Å². The van der Waals surface area contributed by atoms with E-state index in [1.165, 1.54) is 31.8 Å². The lowest BCUT2D eigenvalue weighted by Gasteiger charge is -1.97. The summed E-state index contributed by atoms with van der Waals surface area (Å²) in [5.41, 5.74) is 0. The number of aliphatic hydroxyl groups is 2. The lowest BCUT2D eigenvalue weighted by molar-refractivity contribution is 0.280. The normalized spacial score (nSPS) is 13.0. The van der Waals surface area contributed by atoms with Crippen molar-refractivity contribution >= 4 is 0 Å². The maximum atomic E-state index is 9.50. The molecule has 0 aromatic rings. The Morgan fingerprint density at radius 1 is 1.00 bits per heavy atom. The maximum Gasteiger partial charge on any atom is 0.134 e. The quantitative estimate of drug-likeness (QED) is 0.400. The van der Waals surface area contributed by atoms with E-state index in [4.69, 9.17) is 5.11 Å². The van der Waals surface area contributed by atoms with E-state index < -0.39 is 12.2 Å². The number of unbranched alkanes of at least 4 members (excludes halogenated alkanes) is 5. The van der Waals surface area contributed by atoms with Crippen molar-refractivity contribution in [2.24, 2.45) is 0 Å². The molecule has 0 bridgehead atoms. The van der Waals surface area contributed by atoms with Crippen LogP contribution in [0.1, 0.15) is 45.4 Å². The van der Waals surface area contributed by atoms with Crippen LogP contribution in [0.3, 0.4) is 0 Å². The molecule has 19 heavy (non-hydrogen) atoms. The van der Waals surface area contributed by atoms with E-state index in [1.54, 1.807) is 6.08 Å². The molecule has 0 saturated heterocycles. The van der Waals surface area contributed by atoms with Gasteiger partial charge in [0, 0.05) is 0 Å². The number of hydrogen-bond donors (Lipinski definition) is 2.